The van der Waals surface area contributed by atoms with Gasteiger partial charge in [0, 0.05) is 19.8 Å². The fraction of sp³-hybridized carbons (Fsp3) is 0.889. The molecule has 2 radical (unpaired) electrons. The summed E-state index contributed by atoms with van der Waals surface area (Å²) < 4.78 is 10.8. The third kappa shape index (κ3) is 8.22. The van der Waals surface area contributed by atoms with E-state index in [-0.39, 0.29) is 5.91 Å². The molecule has 4 nitrogen and oxygen atoms in total. The molecule has 0 bridgehead atoms. The minimum Gasteiger partial charge on any atom is -0.359 e. The van der Waals surface area contributed by atoms with Crippen molar-refractivity contribution in [2.75, 3.05) is 19.8 Å². The molecule has 0 aromatic heterocycles. The normalized spacial score (nSPS) is 10.5. The lowest BCUT2D eigenvalue weighted by molar-refractivity contribution is -0.109. The van der Waals surface area contributed by atoms with Crippen LogP contribution in [-0.2, 0) is 14.3 Å². The third-order valence-corrected chi connectivity index (χ3v) is 2.84. The first-order valence-electron chi connectivity index (χ1n) is 4.98. The topological polar surface area (TPSA) is 47.6 Å². The predicted molar refractivity (Wildman–Crippen MR) is 56.3 cm³/mol. The lowest BCUT2D eigenvalue weighted by Gasteiger charge is -2.15. The van der Waals surface area contributed by atoms with Crippen LogP contribution in [0.2, 0.25) is 6.04 Å². The van der Waals surface area contributed by atoms with Gasteiger partial charge in [-0.3, -0.25) is 4.79 Å². The summed E-state index contributed by atoms with van der Waals surface area (Å²) in [6, 6.07) is 1.03. The highest BCUT2D eigenvalue weighted by Crippen LogP contribution is 1.98. The van der Waals surface area contributed by atoms with Crippen molar-refractivity contribution >= 4 is 15.9 Å². The molecule has 1 amide bonds. The van der Waals surface area contributed by atoms with Crippen molar-refractivity contribution in [3.8, 4) is 0 Å². The quantitative estimate of drug-likeness (QED) is 0.252. The zero-order chi connectivity index (χ0) is 10.6. The van der Waals surface area contributed by atoms with Crippen LogP contribution >= 0.6 is 0 Å². The maximum Gasteiger partial charge on any atom is 0.207 e. The molecule has 0 aliphatic carbocycles. The van der Waals surface area contributed by atoms with Crippen molar-refractivity contribution < 1.29 is 14.3 Å². The number of rotatable bonds is 10. The molecule has 0 aliphatic rings. The molecular formula is C9H19NO3Si. The first-order chi connectivity index (χ1) is 6.85. The SMILES string of the molecule is CCOC(OCC)[Si]CCCNC=O. The van der Waals surface area contributed by atoms with Crippen LogP contribution in [0, 0.1) is 0 Å². The van der Waals surface area contributed by atoms with Gasteiger partial charge in [-0.15, -0.1) is 0 Å². The van der Waals surface area contributed by atoms with E-state index in [0.717, 1.165) is 25.4 Å². The van der Waals surface area contributed by atoms with Crippen molar-refractivity contribution in [1.29, 1.82) is 0 Å². The van der Waals surface area contributed by atoms with E-state index in [2.05, 4.69) is 5.32 Å². The van der Waals surface area contributed by atoms with Crippen LogP contribution in [-0.4, -0.2) is 41.6 Å². The number of carbonyl (C=O) groups is 1. The number of hydrogen-bond donors (Lipinski definition) is 1. The monoisotopic (exact) mass is 217 g/mol. The van der Waals surface area contributed by atoms with Crippen LogP contribution in [0.15, 0.2) is 0 Å². The van der Waals surface area contributed by atoms with E-state index in [4.69, 9.17) is 9.47 Å². The van der Waals surface area contributed by atoms with Gasteiger partial charge in [-0.1, -0.05) is 6.04 Å². The molecule has 0 unspecified atom stereocenters. The second-order valence-corrected chi connectivity index (χ2v) is 4.00. The Morgan fingerprint density at radius 3 is 2.50 bits per heavy atom. The zero-order valence-corrected chi connectivity index (χ0v) is 9.91. The van der Waals surface area contributed by atoms with Gasteiger partial charge in [0.15, 0.2) is 0 Å². The standard InChI is InChI=1S/C9H19NO3Si/c1-3-12-9(13-4-2)14-7-5-6-10-8-11/h8-9H,3-7H2,1-2H3,(H,10,11). The second-order valence-electron chi connectivity index (χ2n) is 2.62. The first-order valence-corrected chi connectivity index (χ1v) is 6.27. The molecule has 0 aromatic rings. The predicted octanol–water partition coefficient (Wildman–Crippen LogP) is 0.602. The summed E-state index contributed by atoms with van der Waals surface area (Å²) in [6.45, 7) is 6.03. The summed E-state index contributed by atoms with van der Waals surface area (Å²) in [5.74, 6) is -0.0544. The molecule has 0 heterocycles. The Morgan fingerprint density at radius 1 is 1.36 bits per heavy atom. The Labute approximate surface area is 88.2 Å². The molecule has 14 heavy (non-hydrogen) atoms. The number of nitrogens with one attached hydrogen (secondary N) is 1. The number of hydrogen-bond acceptors (Lipinski definition) is 3. The minimum absolute atomic E-state index is 0.0544. The number of amides is 1. The Kier molecular flexibility index (Phi) is 10.4. The highest BCUT2D eigenvalue weighted by Gasteiger charge is 2.07. The Bertz CT molecular complexity index is 129. The van der Waals surface area contributed by atoms with Crippen LogP contribution in [0.3, 0.4) is 0 Å². The lowest BCUT2D eigenvalue weighted by atomic mass is 10.5. The molecule has 5 heteroatoms. The van der Waals surface area contributed by atoms with Gasteiger partial charge in [-0.2, -0.15) is 0 Å². The molecule has 0 rings (SSSR count). The van der Waals surface area contributed by atoms with E-state index >= 15 is 0 Å². The molecule has 0 saturated carbocycles. The van der Waals surface area contributed by atoms with Crippen LogP contribution in [0.5, 0.6) is 0 Å². The van der Waals surface area contributed by atoms with Crippen molar-refractivity contribution in [2.45, 2.75) is 32.2 Å². The Hall–Kier alpha value is -0.393. The van der Waals surface area contributed by atoms with E-state index in [1.165, 1.54) is 0 Å². The molecule has 0 atom stereocenters. The Morgan fingerprint density at radius 2 is 2.00 bits per heavy atom. The number of carbonyl (C=O) groups excluding carboxylic acids is 1. The van der Waals surface area contributed by atoms with Crippen LogP contribution in [0.4, 0.5) is 0 Å². The highest BCUT2D eigenvalue weighted by molar-refractivity contribution is 6.36. The van der Waals surface area contributed by atoms with E-state index in [1.54, 1.807) is 0 Å². The fourth-order valence-electron chi connectivity index (χ4n) is 0.938. The molecule has 82 valence electrons. The van der Waals surface area contributed by atoms with Crippen molar-refractivity contribution in [1.82, 2.24) is 5.32 Å². The molecular weight excluding hydrogens is 198 g/mol. The smallest absolute Gasteiger partial charge is 0.207 e. The zero-order valence-electron chi connectivity index (χ0n) is 8.91. The molecule has 1 N–H and O–H groups in total. The van der Waals surface area contributed by atoms with Crippen molar-refractivity contribution in [2.24, 2.45) is 0 Å². The van der Waals surface area contributed by atoms with Crippen LogP contribution < -0.4 is 5.32 Å². The van der Waals surface area contributed by atoms with Gasteiger partial charge in [0.2, 0.25) is 6.41 Å². The van der Waals surface area contributed by atoms with Gasteiger partial charge >= 0.3 is 0 Å². The van der Waals surface area contributed by atoms with Crippen LogP contribution in [0.25, 0.3) is 0 Å². The van der Waals surface area contributed by atoms with E-state index < -0.39 is 0 Å². The minimum atomic E-state index is -0.0544. The van der Waals surface area contributed by atoms with Gasteiger partial charge in [0.25, 0.3) is 0 Å². The molecule has 0 fully saturated rings. The maximum absolute atomic E-state index is 9.95. The summed E-state index contributed by atoms with van der Waals surface area (Å²) in [4.78, 5) is 9.95. The van der Waals surface area contributed by atoms with Gasteiger partial charge in [-0.25, -0.2) is 0 Å². The average Bonchev–Trinajstić information content (AvgIpc) is 2.18. The average molecular weight is 217 g/mol. The molecule has 0 saturated heterocycles. The Balaban J connectivity index is 3.34. The molecule has 0 spiro atoms. The van der Waals surface area contributed by atoms with Gasteiger partial charge < -0.3 is 14.8 Å². The summed E-state index contributed by atoms with van der Waals surface area (Å²) in [7, 11) is 0.648. The lowest BCUT2D eigenvalue weighted by Crippen LogP contribution is -2.25. The molecule has 0 aliphatic heterocycles. The number of ether oxygens (including phenoxy) is 2. The summed E-state index contributed by atoms with van der Waals surface area (Å²) in [6.07, 6.45) is 1.71. The fourth-order valence-corrected chi connectivity index (χ4v) is 2.12. The van der Waals surface area contributed by atoms with Crippen molar-refractivity contribution in [3.63, 3.8) is 0 Å². The largest absolute Gasteiger partial charge is 0.359 e. The highest BCUT2D eigenvalue weighted by atomic mass is 28.2. The van der Waals surface area contributed by atoms with Gasteiger partial charge in [-0.05, 0) is 20.3 Å². The maximum atomic E-state index is 9.95. The molecule has 0 aromatic carbocycles. The van der Waals surface area contributed by atoms with E-state index in [9.17, 15) is 4.79 Å². The van der Waals surface area contributed by atoms with Gasteiger partial charge in [0.1, 0.15) is 15.4 Å². The first kappa shape index (κ1) is 13.6. The van der Waals surface area contributed by atoms with E-state index in [0.29, 0.717) is 22.7 Å². The second kappa shape index (κ2) is 10.7. The summed E-state index contributed by atoms with van der Waals surface area (Å²) in [5, 5.41) is 2.63. The van der Waals surface area contributed by atoms with Crippen molar-refractivity contribution in [3.05, 3.63) is 0 Å². The van der Waals surface area contributed by atoms with Gasteiger partial charge in [0.05, 0.1) is 0 Å². The van der Waals surface area contributed by atoms with Crippen LogP contribution in [0.1, 0.15) is 20.3 Å². The summed E-state index contributed by atoms with van der Waals surface area (Å²) in [5.41, 5.74) is 0. The summed E-state index contributed by atoms with van der Waals surface area (Å²) >= 11 is 0. The third-order valence-electron chi connectivity index (χ3n) is 1.53. The van der Waals surface area contributed by atoms with E-state index in [1.807, 2.05) is 13.8 Å².